The number of carbonyl (C=O) groups excluding carboxylic acids is 1. The average Bonchev–Trinajstić information content (AvgIpc) is 2.90. The van der Waals surface area contributed by atoms with Crippen molar-refractivity contribution in [1.29, 1.82) is 0 Å². The van der Waals surface area contributed by atoms with Crippen LogP contribution < -0.4 is 10.1 Å². The Bertz CT molecular complexity index is 770. The topological polar surface area (TPSA) is 56.1 Å². The van der Waals surface area contributed by atoms with Gasteiger partial charge in [0, 0.05) is 12.6 Å². The molecule has 3 rings (SSSR count). The molecule has 1 atom stereocenters. The second-order valence-electron chi connectivity index (χ2n) is 6.19. The monoisotopic (exact) mass is 331 g/mol. The Balaban J connectivity index is 1.80. The Labute approximate surface area is 140 Å². The Hall–Kier alpha value is -2.37. The van der Waals surface area contributed by atoms with Crippen molar-refractivity contribution in [3.63, 3.8) is 0 Å². The van der Waals surface area contributed by atoms with Crippen LogP contribution in [0.25, 0.3) is 0 Å². The first-order valence-corrected chi connectivity index (χ1v) is 8.20. The van der Waals surface area contributed by atoms with Gasteiger partial charge in [0.2, 0.25) is 0 Å². The highest BCUT2D eigenvalue weighted by Gasteiger charge is 2.25. The fraction of sp³-hybridized carbons (Fsp3) is 0.444. The van der Waals surface area contributed by atoms with E-state index in [1.165, 1.54) is 13.2 Å². The molecule has 1 aromatic carbocycles. The van der Waals surface area contributed by atoms with E-state index < -0.39 is 5.82 Å². The summed E-state index contributed by atoms with van der Waals surface area (Å²) in [6, 6.07) is 4.40. The maximum absolute atomic E-state index is 13.9. The molecule has 0 saturated heterocycles. The summed E-state index contributed by atoms with van der Waals surface area (Å²) < 4.78 is 20.4. The van der Waals surface area contributed by atoms with E-state index in [0.717, 1.165) is 36.9 Å². The number of hydrogen-bond acceptors (Lipinski definition) is 3. The third kappa shape index (κ3) is 3.00. The van der Waals surface area contributed by atoms with Crippen molar-refractivity contribution in [1.82, 2.24) is 15.1 Å². The molecule has 0 spiro atoms. The summed E-state index contributed by atoms with van der Waals surface area (Å²) in [6.07, 6.45) is 4.01. The van der Waals surface area contributed by atoms with Gasteiger partial charge < -0.3 is 10.1 Å². The summed E-state index contributed by atoms with van der Waals surface area (Å²) in [5, 5.41) is 7.42. The molecule has 1 aliphatic carbocycles. The number of aryl methyl sites for hydroxylation is 2. The van der Waals surface area contributed by atoms with Gasteiger partial charge in [0.25, 0.3) is 5.91 Å². The highest BCUT2D eigenvalue weighted by Crippen LogP contribution is 2.25. The molecule has 5 nitrogen and oxygen atoms in total. The number of benzene rings is 1. The highest BCUT2D eigenvalue weighted by molar-refractivity contribution is 5.94. The SMILES string of the molecule is COc1ccc(C(C)NC(=O)c2c3c(nn2C)CCCC3)cc1F. The van der Waals surface area contributed by atoms with Crippen molar-refractivity contribution in [3.8, 4) is 5.75 Å². The number of nitrogens with zero attached hydrogens (tertiary/aromatic N) is 2. The van der Waals surface area contributed by atoms with Gasteiger partial charge in [-0.25, -0.2) is 4.39 Å². The molecule has 2 aromatic rings. The molecule has 0 radical (unpaired) electrons. The molecule has 1 aromatic heterocycles. The second-order valence-corrected chi connectivity index (χ2v) is 6.19. The Morgan fingerprint density at radius 3 is 2.83 bits per heavy atom. The van der Waals surface area contributed by atoms with E-state index in [9.17, 15) is 9.18 Å². The number of amides is 1. The lowest BCUT2D eigenvalue weighted by atomic mass is 9.95. The fourth-order valence-electron chi connectivity index (χ4n) is 3.27. The number of hydrogen-bond donors (Lipinski definition) is 1. The first kappa shape index (κ1) is 16.5. The predicted octanol–water partition coefficient (Wildman–Crippen LogP) is 2.94. The van der Waals surface area contributed by atoms with E-state index in [2.05, 4.69) is 10.4 Å². The van der Waals surface area contributed by atoms with Crippen LogP contribution in [0.3, 0.4) is 0 Å². The second kappa shape index (κ2) is 6.63. The van der Waals surface area contributed by atoms with Crippen LogP contribution >= 0.6 is 0 Å². The molecule has 0 aliphatic heterocycles. The number of rotatable bonds is 4. The maximum Gasteiger partial charge on any atom is 0.270 e. The number of nitrogens with one attached hydrogen (secondary N) is 1. The van der Waals surface area contributed by atoms with Gasteiger partial charge >= 0.3 is 0 Å². The van der Waals surface area contributed by atoms with Gasteiger partial charge in [-0.2, -0.15) is 5.10 Å². The standard InChI is InChI=1S/C18H22FN3O2/c1-11(12-8-9-16(24-3)14(19)10-12)20-18(23)17-13-6-4-5-7-15(13)21-22(17)2/h8-11H,4-7H2,1-3H3,(H,20,23). The predicted molar refractivity (Wildman–Crippen MR) is 88.7 cm³/mol. The number of ether oxygens (including phenoxy) is 1. The summed E-state index contributed by atoms with van der Waals surface area (Å²) in [5.41, 5.74) is 3.38. The number of methoxy groups -OCH3 is 1. The zero-order valence-electron chi connectivity index (χ0n) is 14.2. The Morgan fingerprint density at radius 1 is 1.38 bits per heavy atom. The van der Waals surface area contributed by atoms with E-state index in [-0.39, 0.29) is 17.7 Å². The maximum atomic E-state index is 13.9. The van der Waals surface area contributed by atoms with Crippen molar-refractivity contribution < 1.29 is 13.9 Å². The van der Waals surface area contributed by atoms with E-state index in [1.54, 1.807) is 23.9 Å². The van der Waals surface area contributed by atoms with Gasteiger partial charge in [-0.15, -0.1) is 0 Å². The number of aromatic nitrogens is 2. The van der Waals surface area contributed by atoms with Gasteiger partial charge in [0.15, 0.2) is 11.6 Å². The molecule has 0 saturated carbocycles. The molecule has 1 unspecified atom stereocenters. The van der Waals surface area contributed by atoms with Gasteiger partial charge in [-0.1, -0.05) is 6.07 Å². The van der Waals surface area contributed by atoms with Crippen LogP contribution in [0.5, 0.6) is 5.75 Å². The molecule has 0 fully saturated rings. The Morgan fingerprint density at radius 2 is 2.12 bits per heavy atom. The van der Waals surface area contributed by atoms with Crippen LogP contribution in [0.4, 0.5) is 4.39 Å². The van der Waals surface area contributed by atoms with Crippen LogP contribution in [0.1, 0.15) is 53.1 Å². The van der Waals surface area contributed by atoms with Crippen LogP contribution in [-0.2, 0) is 19.9 Å². The number of carbonyl (C=O) groups is 1. The van der Waals surface area contributed by atoms with Crippen molar-refractivity contribution in [3.05, 3.63) is 46.5 Å². The summed E-state index contributed by atoms with van der Waals surface area (Å²) in [5.74, 6) is -0.413. The minimum atomic E-state index is -0.436. The third-order valence-electron chi connectivity index (χ3n) is 4.56. The van der Waals surface area contributed by atoms with E-state index in [0.29, 0.717) is 11.3 Å². The van der Waals surface area contributed by atoms with Gasteiger partial charge in [-0.05, 0) is 50.3 Å². The van der Waals surface area contributed by atoms with Gasteiger partial charge in [0.05, 0.1) is 18.8 Å². The van der Waals surface area contributed by atoms with Crippen molar-refractivity contribution >= 4 is 5.91 Å². The van der Waals surface area contributed by atoms with Gasteiger partial charge in [0.1, 0.15) is 5.69 Å². The van der Waals surface area contributed by atoms with Crippen LogP contribution in [0, 0.1) is 5.82 Å². The molecule has 6 heteroatoms. The van der Waals surface area contributed by atoms with Crippen molar-refractivity contribution in [2.45, 2.75) is 38.6 Å². The fourth-order valence-corrected chi connectivity index (χ4v) is 3.27. The molecule has 1 heterocycles. The van der Waals surface area contributed by atoms with Crippen molar-refractivity contribution in [2.24, 2.45) is 7.05 Å². The zero-order chi connectivity index (χ0) is 17.3. The molecule has 1 amide bonds. The third-order valence-corrected chi connectivity index (χ3v) is 4.56. The number of fused-ring (bicyclic) bond motifs is 1. The van der Waals surface area contributed by atoms with E-state index >= 15 is 0 Å². The van der Waals surface area contributed by atoms with E-state index in [4.69, 9.17) is 4.74 Å². The van der Waals surface area contributed by atoms with Crippen LogP contribution in [0.15, 0.2) is 18.2 Å². The molecule has 1 N–H and O–H groups in total. The lowest BCUT2D eigenvalue weighted by Crippen LogP contribution is -2.29. The first-order chi connectivity index (χ1) is 11.5. The van der Waals surface area contributed by atoms with E-state index in [1.807, 2.05) is 6.92 Å². The minimum absolute atomic E-state index is 0.170. The quantitative estimate of drug-likeness (QED) is 0.937. The normalized spacial score (nSPS) is 14.8. The summed E-state index contributed by atoms with van der Waals surface area (Å²) in [4.78, 5) is 12.7. The molecular weight excluding hydrogens is 309 g/mol. The zero-order valence-corrected chi connectivity index (χ0v) is 14.2. The average molecular weight is 331 g/mol. The minimum Gasteiger partial charge on any atom is -0.494 e. The molecule has 128 valence electrons. The lowest BCUT2D eigenvalue weighted by Gasteiger charge is -2.17. The number of halogens is 1. The molecule has 1 aliphatic rings. The largest absolute Gasteiger partial charge is 0.494 e. The smallest absolute Gasteiger partial charge is 0.270 e. The van der Waals surface area contributed by atoms with Crippen LogP contribution in [-0.4, -0.2) is 22.8 Å². The summed E-state index contributed by atoms with van der Waals surface area (Å²) in [6.45, 7) is 1.84. The Kier molecular flexibility index (Phi) is 4.55. The van der Waals surface area contributed by atoms with Crippen molar-refractivity contribution in [2.75, 3.05) is 7.11 Å². The van der Waals surface area contributed by atoms with Gasteiger partial charge in [-0.3, -0.25) is 9.48 Å². The molecule has 24 heavy (non-hydrogen) atoms. The molecule has 0 bridgehead atoms. The molecular formula is C18H22FN3O2. The summed E-state index contributed by atoms with van der Waals surface area (Å²) >= 11 is 0. The first-order valence-electron chi connectivity index (χ1n) is 8.20. The summed E-state index contributed by atoms with van der Waals surface area (Å²) in [7, 11) is 3.22. The highest BCUT2D eigenvalue weighted by atomic mass is 19.1. The van der Waals surface area contributed by atoms with Crippen LogP contribution in [0.2, 0.25) is 0 Å². The lowest BCUT2D eigenvalue weighted by molar-refractivity contribution is 0.0929.